The van der Waals surface area contributed by atoms with Gasteiger partial charge in [0.2, 0.25) is 0 Å². The summed E-state index contributed by atoms with van der Waals surface area (Å²) in [6.07, 6.45) is 4.12. The minimum absolute atomic E-state index is 0.0982. The van der Waals surface area contributed by atoms with Crippen LogP contribution in [0.25, 0.3) is 6.08 Å². The van der Waals surface area contributed by atoms with Crippen LogP contribution in [-0.2, 0) is 11.2 Å². The number of benzene rings is 1. The molecule has 1 rings (SSSR count). The molecule has 0 spiro atoms. The van der Waals surface area contributed by atoms with Gasteiger partial charge >= 0.3 is 0 Å². The van der Waals surface area contributed by atoms with Crippen LogP contribution >= 0.6 is 0 Å². The summed E-state index contributed by atoms with van der Waals surface area (Å²) in [5, 5.41) is 11.5. The quantitative estimate of drug-likeness (QED) is 0.488. The van der Waals surface area contributed by atoms with Gasteiger partial charge in [0.15, 0.2) is 0 Å². The van der Waals surface area contributed by atoms with E-state index in [0.29, 0.717) is 6.54 Å². The molecule has 1 aromatic carbocycles. The molecule has 1 aromatic rings. The Bertz CT molecular complexity index is 492. The van der Waals surface area contributed by atoms with Crippen LogP contribution in [0, 0.1) is 11.3 Å². The first kappa shape index (κ1) is 13.7. The Kier molecular flexibility index (Phi) is 5.40. The van der Waals surface area contributed by atoms with Crippen molar-refractivity contribution in [1.82, 2.24) is 5.32 Å². The molecule has 0 aliphatic carbocycles. The Balaban J connectivity index is 2.86. The Labute approximate surface area is 107 Å². The molecule has 92 valence electrons. The minimum atomic E-state index is -0.378. The lowest BCUT2D eigenvalue weighted by atomic mass is 10.1. The zero-order valence-electron chi connectivity index (χ0n) is 10.4. The van der Waals surface area contributed by atoms with Crippen molar-refractivity contribution < 1.29 is 4.79 Å². The molecule has 0 saturated carbocycles. The molecule has 0 saturated heterocycles. The van der Waals surface area contributed by atoms with Crippen LogP contribution in [0.1, 0.15) is 18.1 Å². The highest BCUT2D eigenvalue weighted by molar-refractivity contribution is 6.01. The van der Waals surface area contributed by atoms with Gasteiger partial charge in [0.1, 0.15) is 11.6 Å². The molecule has 1 amide bonds. The SMILES string of the molecule is C=CCNC(=O)/C(C#N)=C\c1ccc(CC)cc1. The number of nitrogens with zero attached hydrogens (tertiary/aromatic N) is 1. The molecule has 0 radical (unpaired) electrons. The third-order valence-electron chi connectivity index (χ3n) is 2.47. The Morgan fingerprint density at radius 2 is 2.11 bits per heavy atom. The van der Waals surface area contributed by atoms with Crippen LogP contribution in [0.15, 0.2) is 42.5 Å². The van der Waals surface area contributed by atoms with Gasteiger partial charge in [-0.15, -0.1) is 6.58 Å². The van der Waals surface area contributed by atoms with Crippen LogP contribution in [0.3, 0.4) is 0 Å². The lowest BCUT2D eigenvalue weighted by Gasteiger charge is -2.01. The van der Waals surface area contributed by atoms with Gasteiger partial charge in [0.25, 0.3) is 5.91 Å². The number of nitriles is 1. The number of hydrogen-bond donors (Lipinski definition) is 1. The predicted molar refractivity (Wildman–Crippen MR) is 72.6 cm³/mol. The summed E-state index contributed by atoms with van der Waals surface area (Å²) < 4.78 is 0. The van der Waals surface area contributed by atoms with Crippen LogP contribution < -0.4 is 5.32 Å². The number of carbonyl (C=O) groups excluding carboxylic acids is 1. The molecular formula is C15H16N2O. The van der Waals surface area contributed by atoms with E-state index in [2.05, 4.69) is 18.8 Å². The average Bonchev–Trinajstić information content (AvgIpc) is 2.42. The van der Waals surface area contributed by atoms with Crippen molar-refractivity contribution in [2.75, 3.05) is 6.54 Å². The van der Waals surface area contributed by atoms with E-state index in [0.717, 1.165) is 12.0 Å². The standard InChI is InChI=1S/C15H16N2O/c1-3-9-17-15(18)14(11-16)10-13-7-5-12(4-2)6-8-13/h3,5-8,10H,1,4,9H2,2H3,(H,17,18)/b14-10-. The van der Waals surface area contributed by atoms with Crippen molar-refractivity contribution >= 4 is 12.0 Å². The van der Waals surface area contributed by atoms with Crippen molar-refractivity contribution in [3.63, 3.8) is 0 Å². The van der Waals surface area contributed by atoms with Crippen LogP contribution in [-0.4, -0.2) is 12.5 Å². The second-order valence-corrected chi connectivity index (χ2v) is 3.76. The number of aryl methyl sites for hydroxylation is 1. The fourth-order valence-corrected chi connectivity index (χ4v) is 1.42. The molecule has 0 unspecified atom stereocenters. The van der Waals surface area contributed by atoms with E-state index in [1.54, 1.807) is 12.2 Å². The van der Waals surface area contributed by atoms with Crippen molar-refractivity contribution in [3.8, 4) is 6.07 Å². The predicted octanol–water partition coefficient (Wildman–Crippen LogP) is 2.46. The Morgan fingerprint density at radius 1 is 1.44 bits per heavy atom. The fraction of sp³-hybridized carbons (Fsp3) is 0.200. The monoisotopic (exact) mass is 240 g/mol. The minimum Gasteiger partial charge on any atom is -0.348 e. The van der Waals surface area contributed by atoms with Gasteiger partial charge in [0, 0.05) is 6.54 Å². The molecule has 3 heteroatoms. The molecule has 0 bridgehead atoms. The molecule has 18 heavy (non-hydrogen) atoms. The van der Waals surface area contributed by atoms with Crippen LogP contribution in [0.4, 0.5) is 0 Å². The lowest BCUT2D eigenvalue weighted by molar-refractivity contribution is -0.116. The highest BCUT2D eigenvalue weighted by Crippen LogP contribution is 2.09. The van der Waals surface area contributed by atoms with Crippen LogP contribution in [0.2, 0.25) is 0 Å². The maximum atomic E-state index is 11.6. The smallest absolute Gasteiger partial charge is 0.262 e. The first-order valence-electron chi connectivity index (χ1n) is 5.81. The summed E-state index contributed by atoms with van der Waals surface area (Å²) in [6.45, 7) is 5.94. The summed E-state index contributed by atoms with van der Waals surface area (Å²) in [5.74, 6) is -0.378. The van der Waals surface area contributed by atoms with Crippen molar-refractivity contribution in [3.05, 3.63) is 53.6 Å². The van der Waals surface area contributed by atoms with Gasteiger partial charge in [-0.3, -0.25) is 4.79 Å². The third-order valence-corrected chi connectivity index (χ3v) is 2.47. The summed E-state index contributed by atoms with van der Waals surface area (Å²) >= 11 is 0. The molecule has 3 nitrogen and oxygen atoms in total. The first-order valence-corrected chi connectivity index (χ1v) is 5.81. The molecule has 0 fully saturated rings. The molecule has 1 N–H and O–H groups in total. The van der Waals surface area contributed by atoms with Crippen LogP contribution in [0.5, 0.6) is 0 Å². The Hall–Kier alpha value is -2.34. The number of rotatable bonds is 5. The number of nitrogens with one attached hydrogen (secondary N) is 1. The first-order chi connectivity index (χ1) is 8.71. The fourth-order valence-electron chi connectivity index (χ4n) is 1.42. The second kappa shape index (κ2) is 7.08. The van der Waals surface area contributed by atoms with Gasteiger partial charge in [-0.05, 0) is 23.6 Å². The van der Waals surface area contributed by atoms with E-state index in [-0.39, 0.29) is 11.5 Å². The van der Waals surface area contributed by atoms with Gasteiger partial charge in [0.05, 0.1) is 0 Å². The van der Waals surface area contributed by atoms with Crippen molar-refractivity contribution in [2.45, 2.75) is 13.3 Å². The molecule has 0 heterocycles. The topological polar surface area (TPSA) is 52.9 Å². The molecule has 0 aromatic heterocycles. The normalized spacial score (nSPS) is 10.6. The van der Waals surface area contributed by atoms with E-state index in [4.69, 9.17) is 5.26 Å². The summed E-state index contributed by atoms with van der Waals surface area (Å²) in [7, 11) is 0. The highest BCUT2D eigenvalue weighted by Gasteiger charge is 2.07. The number of hydrogen-bond acceptors (Lipinski definition) is 2. The van der Waals surface area contributed by atoms with Crippen molar-refractivity contribution in [2.24, 2.45) is 0 Å². The van der Waals surface area contributed by atoms with E-state index in [9.17, 15) is 4.79 Å². The molecule has 0 atom stereocenters. The van der Waals surface area contributed by atoms with E-state index in [1.165, 1.54) is 5.56 Å². The summed E-state index contributed by atoms with van der Waals surface area (Å²) in [5.41, 5.74) is 2.17. The molecule has 0 aliphatic heterocycles. The average molecular weight is 240 g/mol. The third kappa shape index (κ3) is 3.91. The molecule has 0 aliphatic rings. The largest absolute Gasteiger partial charge is 0.348 e. The zero-order valence-corrected chi connectivity index (χ0v) is 10.4. The van der Waals surface area contributed by atoms with Gasteiger partial charge in [-0.25, -0.2) is 0 Å². The Morgan fingerprint density at radius 3 is 2.61 bits per heavy atom. The van der Waals surface area contributed by atoms with Crippen molar-refractivity contribution in [1.29, 1.82) is 5.26 Å². The maximum Gasteiger partial charge on any atom is 0.262 e. The number of carbonyl (C=O) groups is 1. The van der Waals surface area contributed by atoms with E-state index in [1.807, 2.05) is 30.3 Å². The number of amides is 1. The second-order valence-electron chi connectivity index (χ2n) is 3.76. The van der Waals surface area contributed by atoms with Gasteiger partial charge in [-0.2, -0.15) is 5.26 Å². The highest BCUT2D eigenvalue weighted by atomic mass is 16.1. The van der Waals surface area contributed by atoms with E-state index < -0.39 is 0 Å². The molecular weight excluding hydrogens is 224 g/mol. The van der Waals surface area contributed by atoms with Gasteiger partial charge < -0.3 is 5.32 Å². The lowest BCUT2D eigenvalue weighted by Crippen LogP contribution is -2.24. The van der Waals surface area contributed by atoms with Gasteiger partial charge in [-0.1, -0.05) is 37.3 Å². The van der Waals surface area contributed by atoms with E-state index >= 15 is 0 Å². The summed E-state index contributed by atoms with van der Waals surface area (Å²) in [6, 6.07) is 9.68. The maximum absolute atomic E-state index is 11.6. The summed E-state index contributed by atoms with van der Waals surface area (Å²) in [4.78, 5) is 11.6. The zero-order chi connectivity index (χ0) is 13.4.